The molecule has 1 saturated heterocycles. The third-order valence-electron chi connectivity index (χ3n) is 7.64. The zero-order valence-electron chi connectivity index (χ0n) is 20.1. The molecule has 1 aliphatic heterocycles. The quantitative estimate of drug-likeness (QED) is 0.139. The summed E-state index contributed by atoms with van der Waals surface area (Å²) in [5.41, 5.74) is -1.37. The minimum atomic E-state index is -0.694. The lowest BCUT2D eigenvalue weighted by molar-refractivity contribution is -0.156. The fourth-order valence-electron chi connectivity index (χ4n) is 4.82. The molecule has 0 saturated carbocycles. The van der Waals surface area contributed by atoms with Crippen molar-refractivity contribution in [2.75, 3.05) is 0 Å². The maximum Gasteiger partial charge on any atom is 0.320 e. The van der Waals surface area contributed by atoms with Gasteiger partial charge in [-0.1, -0.05) is 117 Å². The van der Waals surface area contributed by atoms with Crippen LogP contribution in [0.4, 0.5) is 0 Å². The second-order valence-corrected chi connectivity index (χ2v) is 10.1. The third kappa shape index (κ3) is 7.40. The molecule has 0 bridgehead atoms. The number of carbonyl (C=O) groups is 2. The molecular formula is C26H48O3. The molecule has 2 unspecified atom stereocenters. The summed E-state index contributed by atoms with van der Waals surface area (Å²) < 4.78 is 5.05. The zero-order chi connectivity index (χ0) is 21.8. The van der Waals surface area contributed by atoms with Gasteiger partial charge in [-0.3, -0.25) is 9.59 Å². The lowest BCUT2D eigenvalue weighted by Crippen LogP contribution is -2.44. The number of cyclic esters (lactones) is 2. The first-order valence-corrected chi connectivity index (χ1v) is 12.6. The van der Waals surface area contributed by atoms with Gasteiger partial charge in [-0.05, 0) is 26.2 Å². The molecule has 0 aromatic rings. The molecule has 170 valence electrons. The van der Waals surface area contributed by atoms with Gasteiger partial charge in [-0.25, -0.2) is 0 Å². The van der Waals surface area contributed by atoms with Gasteiger partial charge < -0.3 is 4.74 Å². The summed E-state index contributed by atoms with van der Waals surface area (Å²) in [5.74, 6) is -0.548. The van der Waals surface area contributed by atoms with Crippen LogP contribution in [0.3, 0.4) is 0 Å². The van der Waals surface area contributed by atoms with E-state index in [1.165, 1.54) is 83.5 Å². The van der Waals surface area contributed by atoms with E-state index in [-0.39, 0.29) is 17.9 Å². The number of hydrogen-bond donors (Lipinski definition) is 0. The predicted octanol–water partition coefficient (Wildman–Crippen LogP) is 8.00. The van der Waals surface area contributed by atoms with Crippen LogP contribution in [0.25, 0.3) is 0 Å². The van der Waals surface area contributed by atoms with E-state index in [2.05, 4.69) is 6.92 Å². The maximum atomic E-state index is 12.4. The van der Waals surface area contributed by atoms with Crippen LogP contribution in [0.2, 0.25) is 0 Å². The van der Waals surface area contributed by atoms with Crippen molar-refractivity contribution in [2.24, 2.45) is 16.7 Å². The van der Waals surface area contributed by atoms with Gasteiger partial charge in [0.25, 0.3) is 0 Å². The molecule has 0 N–H and O–H groups in total. The fraction of sp³-hybridized carbons (Fsp3) is 0.923. The monoisotopic (exact) mass is 408 g/mol. The van der Waals surface area contributed by atoms with Crippen LogP contribution in [0, 0.1) is 16.7 Å². The Hall–Kier alpha value is -0.860. The van der Waals surface area contributed by atoms with Crippen LogP contribution in [0.1, 0.15) is 137 Å². The van der Waals surface area contributed by atoms with Crippen molar-refractivity contribution in [3.05, 3.63) is 0 Å². The van der Waals surface area contributed by atoms with E-state index in [0.29, 0.717) is 0 Å². The standard InChI is InChI=1S/C26H48O3/c1-6-7-8-9-10-11-12-13-14-15-16-17-18-19-20-21-25(4)23(27)29-24(28)26(25,5)22(2)3/h22H,6-21H2,1-5H3. The zero-order valence-corrected chi connectivity index (χ0v) is 20.1. The number of carbonyl (C=O) groups excluding carboxylic acids is 2. The highest BCUT2D eigenvalue weighted by Gasteiger charge is 2.63. The van der Waals surface area contributed by atoms with Crippen molar-refractivity contribution in [3.63, 3.8) is 0 Å². The van der Waals surface area contributed by atoms with Crippen molar-refractivity contribution in [3.8, 4) is 0 Å². The number of ether oxygens (including phenoxy) is 1. The number of unbranched alkanes of at least 4 members (excludes halogenated alkanes) is 14. The number of hydrogen-bond acceptors (Lipinski definition) is 3. The highest BCUT2D eigenvalue weighted by atomic mass is 16.6. The van der Waals surface area contributed by atoms with Gasteiger partial charge >= 0.3 is 11.9 Å². The Kier molecular flexibility index (Phi) is 12.1. The van der Waals surface area contributed by atoms with Gasteiger partial charge in [0.1, 0.15) is 0 Å². The highest BCUT2D eigenvalue weighted by molar-refractivity contribution is 6.01. The Morgan fingerprint density at radius 3 is 1.41 bits per heavy atom. The van der Waals surface area contributed by atoms with Crippen molar-refractivity contribution < 1.29 is 14.3 Å². The molecule has 1 rings (SSSR count). The normalized spacial score (nSPS) is 24.5. The van der Waals surface area contributed by atoms with E-state index in [1.54, 1.807) is 0 Å². The average Bonchev–Trinajstić information content (AvgIpc) is 2.86. The Bertz CT molecular complexity index is 484. The van der Waals surface area contributed by atoms with E-state index < -0.39 is 10.8 Å². The van der Waals surface area contributed by atoms with Gasteiger partial charge in [0.15, 0.2) is 0 Å². The van der Waals surface area contributed by atoms with Gasteiger partial charge in [-0.15, -0.1) is 0 Å². The molecule has 0 radical (unpaired) electrons. The lowest BCUT2D eigenvalue weighted by Gasteiger charge is -2.37. The van der Waals surface area contributed by atoms with Gasteiger partial charge in [0.2, 0.25) is 0 Å². The fourth-order valence-corrected chi connectivity index (χ4v) is 4.82. The Morgan fingerprint density at radius 1 is 0.655 bits per heavy atom. The van der Waals surface area contributed by atoms with Gasteiger partial charge in [-0.2, -0.15) is 0 Å². The largest absolute Gasteiger partial charge is 0.392 e. The lowest BCUT2D eigenvalue weighted by atomic mass is 9.59. The maximum absolute atomic E-state index is 12.4. The molecule has 3 heteroatoms. The highest BCUT2D eigenvalue weighted by Crippen LogP contribution is 2.54. The molecule has 0 aromatic heterocycles. The second-order valence-electron chi connectivity index (χ2n) is 10.1. The second kappa shape index (κ2) is 13.4. The molecule has 2 atom stereocenters. The first kappa shape index (κ1) is 26.2. The molecule has 0 aliphatic carbocycles. The SMILES string of the molecule is CCCCCCCCCCCCCCCCCC1(C)C(=O)OC(=O)C1(C)C(C)C. The summed E-state index contributed by atoms with van der Waals surface area (Å²) >= 11 is 0. The summed E-state index contributed by atoms with van der Waals surface area (Å²) in [6.07, 6.45) is 20.7. The van der Waals surface area contributed by atoms with E-state index in [1.807, 2.05) is 27.7 Å². The minimum absolute atomic E-state index is 0.0998. The van der Waals surface area contributed by atoms with Crippen molar-refractivity contribution >= 4 is 11.9 Å². The van der Waals surface area contributed by atoms with Crippen molar-refractivity contribution in [2.45, 2.75) is 137 Å². The first-order valence-electron chi connectivity index (χ1n) is 12.6. The van der Waals surface area contributed by atoms with Crippen LogP contribution >= 0.6 is 0 Å². The smallest absolute Gasteiger partial charge is 0.320 e. The van der Waals surface area contributed by atoms with E-state index >= 15 is 0 Å². The average molecular weight is 409 g/mol. The number of rotatable bonds is 17. The van der Waals surface area contributed by atoms with Crippen molar-refractivity contribution in [1.82, 2.24) is 0 Å². The van der Waals surface area contributed by atoms with E-state index in [4.69, 9.17) is 4.74 Å². The van der Waals surface area contributed by atoms with Gasteiger partial charge in [0.05, 0.1) is 10.8 Å². The molecule has 0 amide bonds. The molecule has 1 fully saturated rings. The van der Waals surface area contributed by atoms with Crippen LogP contribution < -0.4 is 0 Å². The third-order valence-corrected chi connectivity index (χ3v) is 7.64. The first-order chi connectivity index (χ1) is 13.8. The Morgan fingerprint density at radius 2 is 1.03 bits per heavy atom. The van der Waals surface area contributed by atoms with Crippen LogP contribution in [-0.4, -0.2) is 11.9 Å². The van der Waals surface area contributed by atoms with Crippen LogP contribution in [0.15, 0.2) is 0 Å². The molecule has 3 nitrogen and oxygen atoms in total. The van der Waals surface area contributed by atoms with Crippen LogP contribution in [0.5, 0.6) is 0 Å². The minimum Gasteiger partial charge on any atom is -0.392 e. The molecule has 1 heterocycles. The molecule has 0 aromatic carbocycles. The van der Waals surface area contributed by atoms with E-state index in [9.17, 15) is 9.59 Å². The molecule has 29 heavy (non-hydrogen) atoms. The van der Waals surface area contributed by atoms with Gasteiger partial charge in [0, 0.05) is 0 Å². The summed E-state index contributed by atoms with van der Waals surface area (Å²) in [6, 6.07) is 0. The summed E-state index contributed by atoms with van der Waals surface area (Å²) in [6.45, 7) is 10.2. The van der Waals surface area contributed by atoms with Crippen LogP contribution in [-0.2, 0) is 14.3 Å². The summed E-state index contributed by atoms with van der Waals surface area (Å²) in [4.78, 5) is 24.6. The molecular weight excluding hydrogens is 360 g/mol. The van der Waals surface area contributed by atoms with E-state index in [0.717, 1.165) is 19.3 Å². The topological polar surface area (TPSA) is 43.4 Å². The summed E-state index contributed by atoms with van der Waals surface area (Å²) in [7, 11) is 0. The molecule has 1 aliphatic rings. The molecule has 0 spiro atoms. The summed E-state index contributed by atoms with van der Waals surface area (Å²) in [5, 5.41) is 0. The van der Waals surface area contributed by atoms with Crippen molar-refractivity contribution in [1.29, 1.82) is 0 Å². The number of esters is 2. The Balaban J connectivity index is 2.06. The predicted molar refractivity (Wildman–Crippen MR) is 122 cm³/mol. The Labute approximate surface area is 180 Å².